The molecule has 2 rings (SSSR count). The van der Waals surface area contributed by atoms with Crippen LogP contribution < -0.4 is 5.56 Å². The second kappa shape index (κ2) is 2.62. The van der Waals surface area contributed by atoms with Crippen LogP contribution in [0.2, 0.25) is 0 Å². The van der Waals surface area contributed by atoms with Crippen molar-refractivity contribution < 1.29 is 5.11 Å². The summed E-state index contributed by atoms with van der Waals surface area (Å²) < 4.78 is 1.49. The molecule has 0 saturated heterocycles. The predicted molar refractivity (Wildman–Crippen MR) is 50.9 cm³/mol. The summed E-state index contributed by atoms with van der Waals surface area (Å²) in [7, 11) is 1.69. The predicted octanol–water partition coefficient (Wildman–Crippen LogP) is 1.24. The molecule has 0 aliphatic heterocycles. The Balaban J connectivity index is 2.97. The molecule has 0 fully saturated rings. The number of hydrogen-bond donors (Lipinski definition) is 1. The summed E-state index contributed by atoms with van der Waals surface area (Å²) in [5, 5.41) is 10.6. The average Bonchev–Trinajstić information content (AvgIpc) is 2.12. The molecule has 3 nitrogen and oxygen atoms in total. The van der Waals surface area contributed by atoms with Crippen LogP contribution in [0.5, 0.6) is 5.75 Å². The minimum atomic E-state index is -0.0894. The third-order valence-electron chi connectivity index (χ3n) is 2.07. The van der Waals surface area contributed by atoms with Crippen LogP contribution in [0.25, 0.3) is 10.8 Å². The Morgan fingerprint density at radius 2 is 2.08 bits per heavy atom. The number of nitrogens with zero attached hydrogens (tertiary/aromatic N) is 1. The van der Waals surface area contributed by atoms with Gasteiger partial charge in [-0.3, -0.25) is 4.79 Å². The summed E-state index contributed by atoms with van der Waals surface area (Å²) in [4.78, 5) is 11.5. The molecule has 2 aromatic rings. The third-order valence-corrected chi connectivity index (χ3v) is 2.07. The summed E-state index contributed by atoms with van der Waals surface area (Å²) in [6.45, 7) is 0. The highest BCUT2D eigenvalue weighted by Gasteiger charge is 2.00. The molecule has 66 valence electrons. The van der Waals surface area contributed by atoms with Crippen molar-refractivity contribution >= 4 is 10.8 Å². The maximum Gasteiger partial charge on any atom is 0.258 e. The maximum absolute atomic E-state index is 11.5. The van der Waals surface area contributed by atoms with Gasteiger partial charge in [-0.2, -0.15) is 0 Å². The van der Waals surface area contributed by atoms with Gasteiger partial charge >= 0.3 is 0 Å². The number of phenols is 1. The van der Waals surface area contributed by atoms with E-state index in [4.69, 9.17) is 0 Å². The summed E-state index contributed by atoms with van der Waals surface area (Å²) in [5.41, 5.74) is -0.0894. The summed E-state index contributed by atoms with van der Waals surface area (Å²) in [6.07, 6.45) is 1.71. The molecule has 13 heavy (non-hydrogen) atoms. The largest absolute Gasteiger partial charge is 0.508 e. The van der Waals surface area contributed by atoms with Crippen LogP contribution >= 0.6 is 0 Å². The molecule has 1 aromatic heterocycles. The van der Waals surface area contributed by atoms with Gasteiger partial charge in [0.25, 0.3) is 5.56 Å². The van der Waals surface area contributed by atoms with Gasteiger partial charge in [-0.15, -0.1) is 0 Å². The molecule has 0 unspecified atom stereocenters. The molecule has 0 saturated carbocycles. The fourth-order valence-corrected chi connectivity index (χ4v) is 1.32. The van der Waals surface area contributed by atoms with E-state index in [0.29, 0.717) is 5.39 Å². The Kier molecular flexibility index (Phi) is 1.59. The van der Waals surface area contributed by atoms with Gasteiger partial charge in [0.2, 0.25) is 0 Å². The van der Waals surface area contributed by atoms with Gasteiger partial charge in [0.1, 0.15) is 5.75 Å². The Bertz CT molecular complexity index is 509. The van der Waals surface area contributed by atoms with Crippen LogP contribution in [0.15, 0.2) is 35.3 Å². The van der Waals surface area contributed by atoms with Crippen molar-refractivity contribution in [2.45, 2.75) is 0 Å². The van der Waals surface area contributed by atoms with E-state index in [-0.39, 0.29) is 11.3 Å². The van der Waals surface area contributed by atoms with Crippen molar-refractivity contribution in [3.63, 3.8) is 0 Å². The first-order valence-electron chi connectivity index (χ1n) is 3.97. The molecular formula is C10H9NO2. The highest BCUT2D eigenvalue weighted by molar-refractivity contribution is 5.82. The van der Waals surface area contributed by atoms with Gasteiger partial charge in [0.05, 0.1) is 5.39 Å². The van der Waals surface area contributed by atoms with Crippen LogP contribution in [0.3, 0.4) is 0 Å². The lowest BCUT2D eigenvalue weighted by atomic mass is 10.1. The molecule has 1 heterocycles. The van der Waals surface area contributed by atoms with E-state index in [2.05, 4.69) is 0 Å². The standard InChI is InChI=1S/C10H9NO2/c1-11-5-4-7-2-3-8(12)6-9(7)10(11)13/h2-6,12H,1H3. The van der Waals surface area contributed by atoms with Gasteiger partial charge in [-0.1, -0.05) is 6.07 Å². The zero-order chi connectivity index (χ0) is 9.42. The van der Waals surface area contributed by atoms with Crippen molar-refractivity contribution in [2.24, 2.45) is 7.05 Å². The highest BCUT2D eigenvalue weighted by atomic mass is 16.3. The number of fused-ring (bicyclic) bond motifs is 1. The Labute approximate surface area is 74.9 Å². The summed E-state index contributed by atoms with van der Waals surface area (Å²) >= 11 is 0. The van der Waals surface area contributed by atoms with Crippen molar-refractivity contribution in [1.82, 2.24) is 4.57 Å². The fourth-order valence-electron chi connectivity index (χ4n) is 1.32. The average molecular weight is 175 g/mol. The molecule has 0 spiro atoms. The van der Waals surface area contributed by atoms with Crippen LogP contribution in [0.1, 0.15) is 0 Å². The minimum Gasteiger partial charge on any atom is -0.508 e. The molecule has 0 atom stereocenters. The molecule has 0 amide bonds. The van der Waals surface area contributed by atoms with E-state index in [0.717, 1.165) is 5.39 Å². The monoisotopic (exact) mass is 175 g/mol. The second-order valence-electron chi connectivity index (χ2n) is 3.00. The number of aryl methyl sites for hydroxylation is 1. The lowest BCUT2D eigenvalue weighted by molar-refractivity contribution is 0.476. The Morgan fingerprint density at radius 1 is 1.31 bits per heavy atom. The lowest BCUT2D eigenvalue weighted by Gasteiger charge is -2.00. The number of rotatable bonds is 0. The normalized spacial score (nSPS) is 10.5. The number of benzene rings is 1. The Hall–Kier alpha value is -1.77. The Morgan fingerprint density at radius 3 is 2.85 bits per heavy atom. The number of pyridine rings is 1. The van der Waals surface area contributed by atoms with E-state index < -0.39 is 0 Å². The lowest BCUT2D eigenvalue weighted by Crippen LogP contribution is -2.15. The fraction of sp³-hybridized carbons (Fsp3) is 0.100. The number of phenolic OH excluding ortho intramolecular Hbond substituents is 1. The van der Waals surface area contributed by atoms with Gasteiger partial charge in [0, 0.05) is 13.2 Å². The van der Waals surface area contributed by atoms with Crippen LogP contribution in [0.4, 0.5) is 0 Å². The summed E-state index contributed by atoms with van der Waals surface area (Å²) in [6, 6.07) is 6.63. The first-order valence-corrected chi connectivity index (χ1v) is 3.97. The number of aromatic nitrogens is 1. The van der Waals surface area contributed by atoms with Crippen molar-refractivity contribution in [3.8, 4) is 5.75 Å². The minimum absolute atomic E-state index is 0.0894. The van der Waals surface area contributed by atoms with Gasteiger partial charge in [0.15, 0.2) is 0 Å². The van der Waals surface area contributed by atoms with Crippen molar-refractivity contribution in [3.05, 3.63) is 40.8 Å². The van der Waals surface area contributed by atoms with Crippen molar-refractivity contribution in [2.75, 3.05) is 0 Å². The van der Waals surface area contributed by atoms with E-state index in [9.17, 15) is 9.90 Å². The highest BCUT2D eigenvalue weighted by Crippen LogP contribution is 2.15. The maximum atomic E-state index is 11.5. The molecule has 0 aliphatic carbocycles. The van der Waals surface area contributed by atoms with Crippen LogP contribution in [-0.2, 0) is 7.05 Å². The SMILES string of the molecule is Cn1ccc2ccc(O)cc2c1=O. The van der Waals surface area contributed by atoms with Crippen molar-refractivity contribution in [1.29, 1.82) is 0 Å². The zero-order valence-corrected chi connectivity index (χ0v) is 7.19. The second-order valence-corrected chi connectivity index (χ2v) is 3.00. The van der Waals surface area contributed by atoms with E-state index >= 15 is 0 Å². The number of aromatic hydroxyl groups is 1. The van der Waals surface area contributed by atoms with E-state index in [1.54, 1.807) is 25.4 Å². The molecule has 0 radical (unpaired) electrons. The quantitative estimate of drug-likeness (QED) is 0.654. The van der Waals surface area contributed by atoms with Gasteiger partial charge in [-0.05, 0) is 23.6 Å². The van der Waals surface area contributed by atoms with E-state index in [1.807, 2.05) is 6.07 Å². The topological polar surface area (TPSA) is 42.2 Å². The smallest absolute Gasteiger partial charge is 0.258 e. The first kappa shape index (κ1) is 7.86. The van der Waals surface area contributed by atoms with Gasteiger partial charge in [-0.25, -0.2) is 0 Å². The first-order chi connectivity index (χ1) is 6.18. The van der Waals surface area contributed by atoms with Crippen LogP contribution in [0, 0.1) is 0 Å². The number of hydrogen-bond acceptors (Lipinski definition) is 2. The molecule has 1 N–H and O–H groups in total. The molecule has 0 bridgehead atoms. The molecule has 0 aliphatic rings. The third kappa shape index (κ3) is 1.18. The van der Waals surface area contributed by atoms with Gasteiger partial charge < -0.3 is 9.67 Å². The zero-order valence-electron chi connectivity index (χ0n) is 7.19. The molecule has 1 aromatic carbocycles. The summed E-state index contributed by atoms with van der Waals surface area (Å²) in [5.74, 6) is 0.121. The molecular weight excluding hydrogens is 166 g/mol. The molecule has 3 heteroatoms. The van der Waals surface area contributed by atoms with Crippen LogP contribution in [-0.4, -0.2) is 9.67 Å². The van der Waals surface area contributed by atoms with E-state index in [1.165, 1.54) is 10.6 Å².